The van der Waals surface area contributed by atoms with Gasteiger partial charge in [0.15, 0.2) is 0 Å². The summed E-state index contributed by atoms with van der Waals surface area (Å²) in [5, 5.41) is 8.68. The summed E-state index contributed by atoms with van der Waals surface area (Å²) in [7, 11) is -3.89. The van der Waals surface area contributed by atoms with Crippen LogP contribution in [0.15, 0.2) is 64.6 Å². The van der Waals surface area contributed by atoms with Crippen molar-refractivity contribution in [1.82, 2.24) is 14.6 Å². The standard InChI is InChI=1S/C23H24N4O3S/c1-15-10-12-18(13-11-15)31(29,30)26-24-22-21(28)20-16(2)25-27(17-8-6-5-7-9-17)19(20)14-23(22,3)4/h5-13,26H,14H2,1-4H3/b24-22-. The maximum absolute atomic E-state index is 13.4. The molecule has 7 nitrogen and oxygen atoms in total. The highest BCUT2D eigenvalue weighted by molar-refractivity contribution is 7.89. The lowest BCUT2D eigenvalue weighted by atomic mass is 9.74. The fourth-order valence-electron chi connectivity index (χ4n) is 3.82. The Kier molecular flexibility index (Phi) is 5.05. The van der Waals surface area contributed by atoms with Crippen LogP contribution in [0.3, 0.4) is 0 Å². The third-order valence-electron chi connectivity index (χ3n) is 5.46. The molecule has 0 bridgehead atoms. The van der Waals surface area contributed by atoms with Gasteiger partial charge in [0.05, 0.1) is 27.5 Å². The maximum atomic E-state index is 13.4. The van der Waals surface area contributed by atoms with Crippen LogP contribution in [0.2, 0.25) is 0 Å². The van der Waals surface area contributed by atoms with Crippen molar-refractivity contribution >= 4 is 21.5 Å². The van der Waals surface area contributed by atoms with Crippen LogP contribution in [0, 0.1) is 19.3 Å². The molecule has 0 saturated carbocycles. The van der Waals surface area contributed by atoms with E-state index in [-0.39, 0.29) is 16.4 Å². The molecule has 1 aromatic heterocycles. The van der Waals surface area contributed by atoms with Gasteiger partial charge in [0.2, 0.25) is 5.78 Å². The summed E-state index contributed by atoms with van der Waals surface area (Å²) in [4.78, 5) is 15.7. The van der Waals surface area contributed by atoms with Crippen molar-refractivity contribution in [3.8, 4) is 5.69 Å². The van der Waals surface area contributed by atoms with Crippen molar-refractivity contribution < 1.29 is 13.2 Å². The zero-order chi connectivity index (χ0) is 22.4. The number of Topliss-reactive ketones (excluding diaryl/α,β-unsaturated/α-hetero) is 1. The summed E-state index contributed by atoms with van der Waals surface area (Å²) in [6, 6.07) is 16.1. The molecule has 0 amide bonds. The van der Waals surface area contributed by atoms with Crippen LogP contribution in [0.25, 0.3) is 5.69 Å². The molecule has 160 valence electrons. The molecule has 0 radical (unpaired) electrons. The number of aromatic nitrogens is 2. The third kappa shape index (κ3) is 3.79. The van der Waals surface area contributed by atoms with E-state index in [9.17, 15) is 13.2 Å². The van der Waals surface area contributed by atoms with E-state index >= 15 is 0 Å². The molecule has 0 unspecified atom stereocenters. The Balaban J connectivity index is 1.73. The Morgan fingerprint density at radius 1 is 1.03 bits per heavy atom. The fraction of sp³-hybridized carbons (Fsp3) is 0.261. The van der Waals surface area contributed by atoms with E-state index in [2.05, 4.69) is 15.0 Å². The van der Waals surface area contributed by atoms with Crippen LogP contribution in [0.5, 0.6) is 0 Å². The molecule has 1 aliphatic rings. The minimum atomic E-state index is -3.89. The van der Waals surface area contributed by atoms with Gasteiger partial charge in [-0.15, -0.1) is 0 Å². The molecule has 1 heterocycles. The Bertz CT molecular complexity index is 1290. The number of fused-ring (bicyclic) bond motifs is 1. The summed E-state index contributed by atoms with van der Waals surface area (Å²) >= 11 is 0. The second-order valence-corrected chi connectivity index (χ2v) is 10.1. The SMILES string of the molecule is Cc1ccc(S(=O)(=O)N/N=C2/C(=O)c3c(C)nn(-c4ccccc4)c3CC2(C)C)cc1. The number of carbonyl (C=O) groups is 1. The topological polar surface area (TPSA) is 93.4 Å². The molecular formula is C23H24N4O3S. The molecule has 0 aliphatic heterocycles. The number of nitrogens with one attached hydrogen (secondary N) is 1. The van der Waals surface area contributed by atoms with Gasteiger partial charge in [-0.1, -0.05) is 49.7 Å². The zero-order valence-corrected chi connectivity index (χ0v) is 18.7. The number of carbonyl (C=O) groups excluding carboxylic acids is 1. The van der Waals surface area contributed by atoms with Crippen molar-refractivity contribution in [2.45, 2.75) is 39.0 Å². The molecule has 0 saturated heterocycles. The molecule has 3 aromatic rings. The van der Waals surface area contributed by atoms with E-state index in [4.69, 9.17) is 0 Å². The van der Waals surface area contributed by atoms with Crippen LogP contribution in [0.4, 0.5) is 0 Å². The average molecular weight is 437 g/mol. The van der Waals surface area contributed by atoms with Gasteiger partial charge in [0, 0.05) is 11.8 Å². The molecule has 1 N–H and O–H groups in total. The first-order chi connectivity index (χ1) is 14.6. The number of hydrogen-bond donors (Lipinski definition) is 1. The van der Waals surface area contributed by atoms with E-state index in [1.807, 2.05) is 51.1 Å². The van der Waals surface area contributed by atoms with Crippen molar-refractivity contribution in [3.05, 3.63) is 77.1 Å². The van der Waals surface area contributed by atoms with Crippen LogP contribution >= 0.6 is 0 Å². The second kappa shape index (κ2) is 7.46. The lowest BCUT2D eigenvalue weighted by Gasteiger charge is -2.30. The van der Waals surface area contributed by atoms with Crippen LogP contribution < -0.4 is 4.83 Å². The average Bonchev–Trinajstić information content (AvgIpc) is 3.04. The van der Waals surface area contributed by atoms with E-state index in [0.29, 0.717) is 17.7 Å². The molecule has 2 aromatic carbocycles. The Hall–Kier alpha value is -3.26. The predicted molar refractivity (Wildman–Crippen MR) is 119 cm³/mol. The summed E-state index contributed by atoms with van der Waals surface area (Å²) < 4.78 is 27.1. The van der Waals surface area contributed by atoms with E-state index in [0.717, 1.165) is 16.9 Å². The quantitative estimate of drug-likeness (QED) is 0.633. The Morgan fingerprint density at radius 3 is 2.32 bits per heavy atom. The summed E-state index contributed by atoms with van der Waals surface area (Å²) in [5.74, 6) is -0.308. The van der Waals surface area contributed by atoms with Gasteiger partial charge in [-0.05, 0) is 38.1 Å². The zero-order valence-electron chi connectivity index (χ0n) is 17.9. The van der Waals surface area contributed by atoms with E-state index in [1.54, 1.807) is 23.7 Å². The molecule has 31 heavy (non-hydrogen) atoms. The van der Waals surface area contributed by atoms with Crippen molar-refractivity contribution in [1.29, 1.82) is 0 Å². The minimum Gasteiger partial charge on any atom is -0.287 e. The second-order valence-electron chi connectivity index (χ2n) is 8.41. The van der Waals surface area contributed by atoms with E-state index in [1.165, 1.54) is 12.1 Å². The van der Waals surface area contributed by atoms with Crippen molar-refractivity contribution in [3.63, 3.8) is 0 Å². The maximum Gasteiger partial charge on any atom is 0.276 e. The van der Waals surface area contributed by atoms with Crippen LogP contribution in [0.1, 0.15) is 41.2 Å². The van der Waals surface area contributed by atoms with Crippen LogP contribution in [-0.4, -0.2) is 29.7 Å². The molecule has 0 spiro atoms. The van der Waals surface area contributed by atoms with Gasteiger partial charge in [-0.25, -0.2) is 4.68 Å². The molecule has 0 atom stereocenters. The number of ketones is 1. The highest BCUT2D eigenvalue weighted by Crippen LogP contribution is 2.35. The number of aryl methyl sites for hydroxylation is 2. The lowest BCUT2D eigenvalue weighted by Crippen LogP contribution is -2.41. The number of nitrogens with zero attached hydrogens (tertiary/aromatic N) is 3. The van der Waals surface area contributed by atoms with Gasteiger partial charge < -0.3 is 0 Å². The highest BCUT2D eigenvalue weighted by atomic mass is 32.2. The summed E-state index contributed by atoms with van der Waals surface area (Å²) in [6.45, 7) is 7.42. The number of rotatable bonds is 4. The first kappa shape index (κ1) is 21.0. The summed E-state index contributed by atoms with van der Waals surface area (Å²) in [6.07, 6.45) is 0.495. The van der Waals surface area contributed by atoms with E-state index < -0.39 is 15.4 Å². The number of hydrazone groups is 1. The van der Waals surface area contributed by atoms with Gasteiger partial charge in [0.1, 0.15) is 5.71 Å². The Labute approximate surface area is 181 Å². The number of hydrogen-bond acceptors (Lipinski definition) is 5. The molecule has 0 fully saturated rings. The molecule has 8 heteroatoms. The molecule has 1 aliphatic carbocycles. The predicted octanol–water partition coefficient (Wildman–Crippen LogP) is 3.59. The van der Waals surface area contributed by atoms with Crippen molar-refractivity contribution in [2.75, 3.05) is 0 Å². The van der Waals surface area contributed by atoms with Crippen LogP contribution in [-0.2, 0) is 16.4 Å². The van der Waals surface area contributed by atoms with Crippen molar-refractivity contribution in [2.24, 2.45) is 10.5 Å². The largest absolute Gasteiger partial charge is 0.287 e. The normalized spacial score (nSPS) is 16.9. The Morgan fingerprint density at radius 2 is 1.68 bits per heavy atom. The first-order valence-corrected chi connectivity index (χ1v) is 11.4. The van der Waals surface area contributed by atoms with Gasteiger partial charge in [0.25, 0.3) is 10.0 Å². The highest BCUT2D eigenvalue weighted by Gasteiger charge is 2.42. The first-order valence-electron chi connectivity index (χ1n) is 9.95. The minimum absolute atomic E-state index is 0.0947. The number of benzene rings is 2. The molecule has 4 rings (SSSR count). The fourth-order valence-corrected chi connectivity index (χ4v) is 4.63. The molecular weight excluding hydrogens is 412 g/mol. The van der Waals surface area contributed by atoms with Gasteiger partial charge in [-0.2, -0.15) is 23.4 Å². The smallest absolute Gasteiger partial charge is 0.276 e. The lowest BCUT2D eigenvalue weighted by molar-refractivity contribution is 0.104. The number of para-hydroxylation sites is 1. The van der Waals surface area contributed by atoms with Gasteiger partial charge >= 0.3 is 0 Å². The summed E-state index contributed by atoms with van der Waals surface area (Å²) in [5.41, 5.74) is 3.19. The number of sulfonamides is 1. The van der Waals surface area contributed by atoms with Gasteiger partial charge in [-0.3, -0.25) is 4.79 Å². The third-order valence-corrected chi connectivity index (χ3v) is 6.68. The monoisotopic (exact) mass is 436 g/mol.